The van der Waals surface area contributed by atoms with E-state index in [2.05, 4.69) is 4.98 Å². The third kappa shape index (κ3) is 4.15. The molecule has 0 radical (unpaired) electrons. The van der Waals surface area contributed by atoms with Crippen molar-refractivity contribution in [1.29, 1.82) is 0 Å². The van der Waals surface area contributed by atoms with Crippen LogP contribution >= 0.6 is 12.4 Å². The van der Waals surface area contributed by atoms with Crippen molar-refractivity contribution in [3.63, 3.8) is 0 Å². The minimum absolute atomic E-state index is 0. The van der Waals surface area contributed by atoms with Crippen LogP contribution in [0.1, 0.15) is 15.9 Å². The van der Waals surface area contributed by atoms with E-state index in [9.17, 15) is 13.6 Å². The molecular weight excluding hydrogens is 386 g/mol. The first-order valence-corrected chi connectivity index (χ1v) is 8.95. The van der Waals surface area contributed by atoms with Gasteiger partial charge in [0.1, 0.15) is 11.5 Å². The quantitative estimate of drug-likeness (QED) is 0.625. The van der Waals surface area contributed by atoms with Crippen molar-refractivity contribution in [1.82, 2.24) is 19.2 Å². The van der Waals surface area contributed by atoms with E-state index in [0.717, 1.165) is 5.56 Å². The fourth-order valence-corrected chi connectivity index (χ4v) is 3.43. The summed E-state index contributed by atoms with van der Waals surface area (Å²) in [6.45, 7) is 1.85. The summed E-state index contributed by atoms with van der Waals surface area (Å²) >= 11 is 0. The number of aromatic nitrogens is 2. The largest absolute Gasteiger partial charge is 0.336 e. The second kappa shape index (κ2) is 8.67. The zero-order valence-electron chi connectivity index (χ0n) is 15.2. The Balaban J connectivity index is 0.00000225. The van der Waals surface area contributed by atoms with Crippen molar-refractivity contribution in [3.05, 3.63) is 71.9 Å². The maximum absolute atomic E-state index is 14.6. The molecule has 1 unspecified atom stereocenters. The molecule has 3 heterocycles. The molecule has 1 aliphatic rings. The number of alkyl halides is 1. The number of hydrogen-bond acceptors (Lipinski definition) is 3. The molecule has 1 aliphatic heterocycles. The van der Waals surface area contributed by atoms with Crippen LogP contribution in [-0.4, -0.2) is 57.6 Å². The monoisotopic (exact) mass is 406 g/mol. The Labute approximate surface area is 168 Å². The lowest BCUT2D eigenvalue weighted by Gasteiger charge is -2.36. The predicted octanol–water partition coefficient (Wildman–Crippen LogP) is 3.19. The van der Waals surface area contributed by atoms with Gasteiger partial charge in [-0.15, -0.1) is 12.4 Å². The molecule has 148 valence electrons. The maximum atomic E-state index is 14.6. The molecule has 1 amide bonds. The van der Waals surface area contributed by atoms with Gasteiger partial charge in [-0.05, 0) is 29.8 Å². The van der Waals surface area contributed by atoms with E-state index in [-0.39, 0.29) is 30.6 Å². The fraction of sp³-hybridized carbons (Fsp3) is 0.300. The third-order valence-electron chi connectivity index (χ3n) is 4.96. The molecule has 1 fully saturated rings. The van der Waals surface area contributed by atoms with Crippen molar-refractivity contribution in [2.45, 2.75) is 12.7 Å². The Morgan fingerprint density at radius 2 is 1.79 bits per heavy atom. The number of imidazole rings is 1. The second-order valence-electron chi connectivity index (χ2n) is 6.67. The van der Waals surface area contributed by atoms with Crippen LogP contribution in [0.25, 0.3) is 5.65 Å². The Bertz CT molecular complexity index is 939. The van der Waals surface area contributed by atoms with E-state index in [0.29, 0.717) is 37.4 Å². The minimum Gasteiger partial charge on any atom is -0.336 e. The molecule has 0 bridgehead atoms. The van der Waals surface area contributed by atoms with Crippen LogP contribution in [0.2, 0.25) is 0 Å². The van der Waals surface area contributed by atoms with Gasteiger partial charge in [0.05, 0.1) is 5.56 Å². The molecule has 1 saturated heterocycles. The van der Waals surface area contributed by atoms with Gasteiger partial charge in [0, 0.05) is 51.2 Å². The third-order valence-corrected chi connectivity index (χ3v) is 4.96. The first kappa shape index (κ1) is 20.2. The molecule has 0 spiro atoms. The van der Waals surface area contributed by atoms with E-state index in [1.54, 1.807) is 40.4 Å². The summed E-state index contributed by atoms with van der Waals surface area (Å²) in [5.74, 6) is -0.408. The number of piperazine rings is 1. The van der Waals surface area contributed by atoms with Gasteiger partial charge in [0.2, 0.25) is 0 Å². The van der Waals surface area contributed by atoms with Gasteiger partial charge in [-0.3, -0.25) is 9.69 Å². The lowest BCUT2D eigenvalue weighted by atomic mass is 10.1. The van der Waals surface area contributed by atoms with E-state index >= 15 is 0 Å². The molecule has 1 atom stereocenters. The van der Waals surface area contributed by atoms with Crippen LogP contribution in [-0.2, 0) is 6.42 Å². The summed E-state index contributed by atoms with van der Waals surface area (Å²) in [5, 5.41) is 0. The van der Waals surface area contributed by atoms with Gasteiger partial charge in [-0.1, -0.05) is 12.1 Å². The van der Waals surface area contributed by atoms with Gasteiger partial charge in [0.15, 0.2) is 6.30 Å². The number of benzene rings is 1. The smallest absolute Gasteiger partial charge is 0.257 e. The summed E-state index contributed by atoms with van der Waals surface area (Å²) in [6, 6.07) is 9.48. The summed E-state index contributed by atoms with van der Waals surface area (Å²) in [7, 11) is 0. The highest BCUT2D eigenvalue weighted by Gasteiger charge is 2.27. The average molecular weight is 407 g/mol. The highest BCUT2D eigenvalue weighted by atomic mass is 35.5. The van der Waals surface area contributed by atoms with Gasteiger partial charge in [-0.25, -0.2) is 13.8 Å². The highest BCUT2D eigenvalue weighted by Crippen LogP contribution is 2.17. The molecule has 4 rings (SSSR count). The van der Waals surface area contributed by atoms with Gasteiger partial charge < -0.3 is 9.30 Å². The second-order valence-corrected chi connectivity index (χ2v) is 6.67. The van der Waals surface area contributed by atoms with Gasteiger partial charge in [0.25, 0.3) is 5.91 Å². The summed E-state index contributed by atoms with van der Waals surface area (Å²) in [4.78, 5) is 20.6. The van der Waals surface area contributed by atoms with Gasteiger partial charge in [-0.2, -0.15) is 0 Å². The fourth-order valence-electron chi connectivity index (χ4n) is 3.43. The maximum Gasteiger partial charge on any atom is 0.257 e. The number of pyridine rings is 1. The van der Waals surface area contributed by atoms with E-state index < -0.39 is 6.30 Å². The van der Waals surface area contributed by atoms with Crippen LogP contribution in [0.5, 0.6) is 0 Å². The standard InChI is InChI=1S/C20H20F2N4O.ClH/c21-16-5-3-15(4-6-16)14-18(22)24-10-12-26(13-11-24)20(27)17-2-1-8-25-9-7-23-19(17)25;/h1-9,18H,10-14H2;1H. The number of nitrogens with zero attached hydrogens (tertiary/aromatic N) is 4. The van der Waals surface area contributed by atoms with E-state index in [1.165, 1.54) is 12.1 Å². The Morgan fingerprint density at radius 3 is 2.50 bits per heavy atom. The SMILES string of the molecule is Cl.O=C(c1cccn2ccnc12)N1CCN(C(F)Cc2ccc(F)cc2)CC1. The minimum atomic E-state index is -1.15. The molecule has 28 heavy (non-hydrogen) atoms. The van der Waals surface area contributed by atoms with Crippen molar-refractivity contribution in [2.24, 2.45) is 0 Å². The molecule has 0 saturated carbocycles. The Hall–Kier alpha value is -2.51. The van der Waals surface area contributed by atoms with E-state index in [4.69, 9.17) is 0 Å². The van der Waals surface area contributed by atoms with Crippen LogP contribution in [0.4, 0.5) is 8.78 Å². The topological polar surface area (TPSA) is 40.9 Å². The number of amides is 1. The molecule has 0 N–H and O–H groups in total. The molecular formula is C20H21ClF2N4O. The number of carbonyl (C=O) groups excluding carboxylic acids is 1. The average Bonchev–Trinajstić information content (AvgIpc) is 3.18. The van der Waals surface area contributed by atoms with Crippen molar-refractivity contribution >= 4 is 24.0 Å². The molecule has 3 aromatic rings. The Kier molecular flexibility index (Phi) is 6.26. The van der Waals surface area contributed by atoms with Crippen LogP contribution in [0.3, 0.4) is 0 Å². The zero-order chi connectivity index (χ0) is 18.8. The first-order valence-electron chi connectivity index (χ1n) is 8.95. The number of fused-ring (bicyclic) bond motifs is 1. The number of hydrogen-bond donors (Lipinski definition) is 0. The van der Waals surface area contributed by atoms with Crippen LogP contribution in [0.15, 0.2) is 55.0 Å². The number of halogens is 3. The molecule has 5 nitrogen and oxygen atoms in total. The number of carbonyl (C=O) groups is 1. The molecule has 8 heteroatoms. The lowest BCUT2D eigenvalue weighted by Crippen LogP contribution is -2.51. The van der Waals surface area contributed by atoms with Crippen LogP contribution < -0.4 is 0 Å². The first-order chi connectivity index (χ1) is 13.1. The zero-order valence-corrected chi connectivity index (χ0v) is 16.0. The van der Waals surface area contributed by atoms with E-state index in [1.807, 2.05) is 16.7 Å². The highest BCUT2D eigenvalue weighted by molar-refractivity contribution is 5.99. The summed E-state index contributed by atoms with van der Waals surface area (Å²) < 4.78 is 29.4. The summed E-state index contributed by atoms with van der Waals surface area (Å²) in [5.41, 5.74) is 1.94. The molecule has 2 aromatic heterocycles. The predicted molar refractivity (Wildman–Crippen MR) is 105 cm³/mol. The van der Waals surface area contributed by atoms with Crippen LogP contribution in [0, 0.1) is 5.82 Å². The molecule has 0 aliphatic carbocycles. The Morgan fingerprint density at radius 1 is 1.07 bits per heavy atom. The van der Waals surface area contributed by atoms with Gasteiger partial charge >= 0.3 is 0 Å². The van der Waals surface area contributed by atoms with Crippen molar-refractivity contribution < 1.29 is 13.6 Å². The normalized spacial score (nSPS) is 16.0. The lowest BCUT2D eigenvalue weighted by molar-refractivity contribution is 0.0280. The van der Waals surface area contributed by atoms with Crippen molar-refractivity contribution in [2.75, 3.05) is 26.2 Å². The van der Waals surface area contributed by atoms with Crippen molar-refractivity contribution in [3.8, 4) is 0 Å². The number of rotatable bonds is 4. The molecule has 1 aromatic carbocycles. The summed E-state index contributed by atoms with van der Waals surface area (Å²) in [6.07, 6.45) is 4.37.